The minimum atomic E-state index is -0.140. The van der Waals surface area contributed by atoms with Gasteiger partial charge in [0.05, 0.1) is 0 Å². The third-order valence-corrected chi connectivity index (χ3v) is 1.85. The fourth-order valence-corrected chi connectivity index (χ4v) is 1.28. The molecule has 0 aromatic carbocycles. The molecule has 0 aromatic rings. The zero-order chi connectivity index (χ0) is 8.10. The molecule has 0 aromatic heterocycles. The van der Waals surface area contributed by atoms with Crippen LogP contribution in [0.3, 0.4) is 0 Å². The average Bonchev–Trinajstić information content (AvgIpc) is 2.06. The summed E-state index contributed by atoms with van der Waals surface area (Å²) >= 11 is 0. The maximum Gasteiger partial charge on any atom is 0.183 e. The maximum atomic E-state index is 5.37. The lowest BCUT2D eigenvalue weighted by atomic mass is 10.1. The molecule has 3 nitrogen and oxygen atoms in total. The molecule has 1 aliphatic heterocycles. The van der Waals surface area contributed by atoms with Crippen molar-refractivity contribution in [3.05, 3.63) is 0 Å². The van der Waals surface area contributed by atoms with Crippen LogP contribution in [0.5, 0.6) is 0 Å². The molecule has 3 heteroatoms. The Hall–Kier alpha value is -0.120. The van der Waals surface area contributed by atoms with Gasteiger partial charge in [0.2, 0.25) is 0 Å². The van der Waals surface area contributed by atoms with E-state index in [1.807, 2.05) is 6.92 Å². The van der Waals surface area contributed by atoms with Crippen LogP contribution in [0, 0.1) is 0 Å². The van der Waals surface area contributed by atoms with Gasteiger partial charge in [-0.3, -0.25) is 0 Å². The van der Waals surface area contributed by atoms with Crippen LogP contribution in [0.4, 0.5) is 0 Å². The van der Waals surface area contributed by atoms with Crippen molar-refractivity contribution in [2.24, 2.45) is 0 Å². The summed E-state index contributed by atoms with van der Waals surface area (Å²) in [5, 5.41) is 0. The highest BCUT2D eigenvalue weighted by Gasteiger charge is 2.25. The summed E-state index contributed by atoms with van der Waals surface area (Å²) < 4.78 is 15.9. The van der Waals surface area contributed by atoms with E-state index in [1.54, 1.807) is 7.11 Å². The molecule has 1 saturated heterocycles. The second-order valence-corrected chi connectivity index (χ2v) is 2.61. The summed E-state index contributed by atoms with van der Waals surface area (Å²) in [6.45, 7) is 3.44. The Morgan fingerprint density at radius 1 is 1.55 bits per heavy atom. The number of hydrogen-bond acceptors (Lipinski definition) is 3. The van der Waals surface area contributed by atoms with E-state index in [0.717, 1.165) is 19.4 Å². The Balaban J connectivity index is 2.31. The first-order chi connectivity index (χ1) is 5.38. The molecule has 2 atom stereocenters. The van der Waals surface area contributed by atoms with E-state index < -0.39 is 0 Å². The largest absolute Gasteiger partial charge is 0.376 e. The van der Waals surface area contributed by atoms with Crippen molar-refractivity contribution in [2.45, 2.75) is 32.2 Å². The molecule has 11 heavy (non-hydrogen) atoms. The molecule has 0 spiro atoms. The Morgan fingerprint density at radius 2 is 2.36 bits per heavy atom. The first-order valence-corrected chi connectivity index (χ1v) is 4.14. The lowest BCUT2D eigenvalue weighted by Gasteiger charge is -2.29. The molecule has 1 heterocycles. The summed E-state index contributed by atoms with van der Waals surface area (Å²) in [7, 11) is 1.70. The van der Waals surface area contributed by atoms with E-state index in [9.17, 15) is 0 Å². The topological polar surface area (TPSA) is 27.7 Å². The van der Waals surface area contributed by atoms with Gasteiger partial charge in [-0.1, -0.05) is 0 Å². The van der Waals surface area contributed by atoms with E-state index in [2.05, 4.69) is 0 Å². The van der Waals surface area contributed by atoms with Gasteiger partial charge in [0.25, 0.3) is 0 Å². The van der Waals surface area contributed by atoms with E-state index in [1.165, 1.54) is 0 Å². The van der Waals surface area contributed by atoms with Gasteiger partial charge in [0.1, 0.15) is 6.10 Å². The van der Waals surface area contributed by atoms with Gasteiger partial charge in [-0.05, 0) is 19.8 Å². The average molecular weight is 160 g/mol. The van der Waals surface area contributed by atoms with Gasteiger partial charge in [-0.25, -0.2) is 0 Å². The van der Waals surface area contributed by atoms with Crippen LogP contribution < -0.4 is 0 Å². The van der Waals surface area contributed by atoms with Gasteiger partial charge in [-0.15, -0.1) is 0 Å². The van der Waals surface area contributed by atoms with Crippen LogP contribution in [0.2, 0.25) is 0 Å². The molecule has 0 saturated carbocycles. The molecule has 1 fully saturated rings. The zero-order valence-electron chi connectivity index (χ0n) is 7.21. The minimum Gasteiger partial charge on any atom is -0.376 e. The van der Waals surface area contributed by atoms with Crippen molar-refractivity contribution in [1.82, 2.24) is 0 Å². The number of hydrogen-bond donors (Lipinski definition) is 0. The van der Waals surface area contributed by atoms with Gasteiger partial charge < -0.3 is 14.2 Å². The van der Waals surface area contributed by atoms with Crippen molar-refractivity contribution < 1.29 is 14.2 Å². The summed E-state index contributed by atoms with van der Waals surface area (Å²) in [6.07, 6.45) is 2.10. The highest BCUT2D eigenvalue weighted by molar-refractivity contribution is 4.67. The lowest BCUT2D eigenvalue weighted by Crippen LogP contribution is -2.37. The molecule has 0 amide bonds. The van der Waals surface area contributed by atoms with E-state index in [-0.39, 0.29) is 12.4 Å². The standard InChI is InChI=1S/C8H16O3/c1-3-10-8-7(9-2)5-4-6-11-8/h7-8H,3-6H2,1-2H3/t7-,8+/m1/s1. The summed E-state index contributed by atoms with van der Waals surface area (Å²) in [6, 6.07) is 0. The molecule has 66 valence electrons. The quantitative estimate of drug-likeness (QED) is 0.620. The van der Waals surface area contributed by atoms with Crippen LogP contribution in [0.15, 0.2) is 0 Å². The van der Waals surface area contributed by atoms with E-state index >= 15 is 0 Å². The highest BCUT2D eigenvalue weighted by Crippen LogP contribution is 2.17. The lowest BCUT2D eigenvalue weighted by molar-refractivity contribution is -0.219. The first-order valence-electron chi connectivity index (χ1n) is 4.14. The van der Waals surface area contributed by atoms with Crippen LogP contribution >= 0.6 is 0 Å². The van der Waals surface area contributed by atoms with Gasteiger partial charge in [-0.2, -0.15) is 0 Å². The molecule has 0 radical (unpaired) electrons. The van der Waals surface area contributed by atoms with Crippen LogP contribution in [-0.2, 0) is 14.2 Å². The second kappa shape index (κ2) is 4.70. The molecule has 1 rings (SSSR count). The molecule has 0 N–H and O–H groups in total. The predicted octanol–water partition coefficient (Wildman–Crippen LogP) is 1.17. The third-order valence-electron chi connectivity index (χ3n) is 1.85. The SMILES string of the molecule is CCO[C@H]1OCCC[C@H]1OC. The van der Waals surface area contributed by atoms with Crippen molar-refractivity contribution in [3.8, 4) is 0 Å². The normalized spacial score (nSPS) is 32.2. The molecule has 0 unspecified atom stereocenters. The van der Waals surface area contributed by atoms with Crippen molar-refractivity contribution in [2.75, 3.05) is 20.3 Å². The van der Waals surface area contributed by atoms with Crippen molar-refractivity contribution >= 4 is 0 Å². The highest BCUT2D eigenvalue weighted by atomic mass is 16.7. The summed E-state index contributed by atoms with van der Waals surface area (Å²) in [4.78, 5) is 0. The van der Waals surface area contributed by atoms with Gasteiger partial charge in [0.15, 0.2) is 6.29 Å². The van der Waals surface area contributed by atoms with Crippen LogP contribution in [0.1, 0.15) is 19.8 Å². The van der Waals surface area contributed by atoms with Crippen molar-refractivity contribution in [1.29, 1.82) is 0 Å². The summed E-state index contributed by atoms with van der Waals surface area (Å²) in [5.74, 6) is 0. The molecule has 1 aliphatic rings. The second-order valence-electron chi connectivity index (χ2n) is 2.61. The van der Waals surface area contributed by atoms with E-state index in [0.29, 0.717) is 6.61 Å². The third kappa shape index (κ3) is 2.43. The molecule has 0 aliphatic carbocycles. The summed E-state index contributed by atoms with van der Waals surface area (Å²) in [5.41, 5.74) is 0. The fourth-order valence-electron chi connectivity index (χ4n) is 1.28. The molecular weight excluding hydrogens is 144 g/mol. The van der Waals surface area contributed by atoms with Crippen LogP contribution in [-0.4, -0.2) is 32.7 Å². The predicted molar refractivity (Wildman–Crippen MR) is 41.4 cm³/mol. The van der Waals surface area contributed by atoms with Gasteiger partial charge >= 0.3 is 0 Å². The Morgan fingerprint density at radius 3 is 3.00 bits per heavy atom. The van der Waals surface area contributed by atoms with Crippen molar-refractivity contribution in [3.63, 3.8) is 0 Å². The first kappa shape index (κ1) is 8.97. The fraction of sp³-hybridized carbons (Fsp3) is 1.00. The monoisotopic (exact) mass is 160 g/mol. The minimum absolute atomic E-state index is 0.128. The Kier molecular flexibility index (Phi) is 3.83. The smallest absolute Gasteiger partial charge is 0.183 e. The van der Waals surface area contributed by atoms with Gasteiger partial charge in [0, 0.05) is 20.3 Å². The Bertz CT molecular complexity index is 104. The molecular formula is C8H16O3. The number of methoxy groups -OCH3 is 1. The zero-order valence-corrected chi connectivity index (χ0v) is 7.21. The van der Waals surface area contributed by atoms with Crippen LogP contribution in [0.25, 0.3) is 0 Å². The maximum absolute atomic E-state index is 5.37. The Labute approximate surface area is 67.6 Å². The van der Waals surface area contributed by atoms with E-state index in [4.69, 9.17) is 14.2 Å². The molecule has 0 bridgehead atoms. The number of rotatable bonds is 3. The number of ether oxygens (including phenoxy) is 3.